The second-order valence-corrected chi connectivity index (χ2v) is 12.5. The molecule has 0 aliphatic carbocycles. The summed E-state index contributed by atoms with van der Waals surface area (Å²) in [7, 11) is -3.83. The van der Waals surface area contributed by atoms with Crippen molar-refractivity contribution in [2.45, 2.75) is 78.2 Å². The normalized spacial score (nSPS) is 17.2. The minimum absolute atomic E-state index is 0.101. The van der Waals surface area contributed by atoms with Crippen LogP contribution in [0.5, 0.6) is 0 Å². The van der Waals surface area contributed by atoms with Crippen LogP contribution in [0.3, 0.4) is 0 Å². The number of rotatable bonds is 10. The fourth-order valence-electron chi connectivity index (χ4n) is 4.01. The minimum Gasteiger partial charge on any atom is -0.459 e. The number of esters is 1. The summed E-state index contributed by atoms with van der Waals surface area (Å²) in [5.74, 6) is -2.28. The van der Waals surface area contributed by atoms with Crippen LogP contribution >= 0.6 is 0 Å². The Kier molecular flexibility index (Phi) is 10.1. The Balaban J connectivity index is 2.00. The van der Waals surface area contributed by atoms with Crippen molar-refractivity contribution in [1.29, 1.82) is 0 Å². The highest BCUT2D eigenvalue weighted by Crippen LogP contribution is 2.20. The van der Waals surface area contributed by atoms with Gasteiger partial charge in [-0.25, -0.2) is 13.2 Å². The van der Waals surface area contributed by atoms with Crippen molar-refractivity contribution in [3.63, 3.8) is 0 Å². The number of ether oxygens (including phenoxy) is 2. The van der Waals surface area contributed by atoms with E-state index in [0.717, 1.165) is 5.56 Å². The number of hydrogen-bond donors (Lipinski definition) is 1. The number of nitrogens with one attached hydrogen (secondary N) is 1. The molecule has 1 aromatic rings. The first-order chi connectivity index (χ1) is 16.3. The Morgan fingerprint density at radius 2 is 1.80 bits per heavy atom. The zero-order valence-electron chi connectivity index (χ0n) is 21.3. The molecule has 9 nitrogen and oxygen atoms in total. The van der Waals surface area contributed by atoms with Crippen LogP contribution in [0, 0.1) is 5.92 Å². The molecule has 0 aromatic heterocycles. The topological polar surface area (TPSA) is 119 Å². The summed E-state index contributed by atoms with van der Waals surface area (Å²) in [6.07, 6.45) is 0.935. The fraction of sp³-hybridized carbons (Fsp3) is 0.640. The second-order valence-electron chi connectivity index (χ2n) is 10.4. The first kappa shape index (κ1) is 28.6. The molecule has 0 radical (unpaired) electrons. The lowest BCUT2D eigenvalue weighted by Crippen LogP contribution is -2.51. The number of carbonyl (C=O) groups excluding carboxylic acids is 3. The van der Waals surface area contributed by atoms with E-state index in [1.807, 2.05) is 44.2 Å². The monoisotopic (exact) mass is 510 g/mol. The van der Waals surface area contributed by atoms with E-state index in [1.165, 1.54) is 4.90 Å². The van der Waals surface area contributed by atoms with Gasteiger partial charge in [-0.15, -0.1) is 0 Å². The lowest BCUT2D eigenvalue weighted by molar-refractivity contribution is -0.151. The molecule has 10 heteroatoms. The number of amides is 2. The third-order valence-corrected chi connectivity index (χ3v) is 6.90. The number of sulfone groups is 1. The largest absolute Gasteiger partial charge is 0.459 e. The van der Waals surface area contributed by atoms with E-state index in [1.54, 1.807) is 20.8 Å². The summed E-state index contributed by atoms with van der Waals surface area (Å²) in [5.41, 5.74) is 0.0485. The molecule has 196 valence electrons. The van der Waals surface area contributed by atoms with Crippen molar-refractivity contribution in [2.75, 3.05) is 18.1 Å². The van der Waals surface area contributed by atoms with Crippen LogP contribution in [0.4, 0.5) is 4.79 Å². The second kappa shape index (κ2) is 12.4. The fourth-order valence-corrected chi connectivity index (χ4v) is 5.38. The van der Waals surface area contributed by atoms with Crippen molar-refractivity contribution in [1.82, 2.24) is 10.2 Å². The number of benzene rings is 1. The van der Waals surface area contributed by atoms with Crippen LogP contribution in [0.15, 0.2) is 30.3 Å². The van der Waals surface area contributed by atoms with E-state index in [9.17, 15) is 22.8 Å². The van der Waals surface area contributed by atoms with Gasteiger partial charge in [0.2, 0.25) is 5.91 Å². The summed E-state index contributed by atoms with van der Waals surface area (Å²) in [4.78, 5) is 39.1. The molecule has 0 bridgehead atoms. The molecule has 1 heterocycles. The predicted octanol–water partition coefficient (Wildman–Crippen LogP) is 3.08. The van der Waals surface area contributed by atoms with E-state index in [-0.39, 0.29) is 18.3 Å². The Hall–Kier alpha value is -2.62. The van der Waals surface area contributed by atoms with Crippen LogP contribution in [-0.2, 0) is 35.5 Å². The van der Waals surface area contributed by atoms with E-state index in [0.29, 0.717) is 25.8 Å². The van der Waals surface area contributed by atoms with Gasteiger partial charge in [-0.05, 0) is 51.5 Å². The molecule has 1 N–H and O–H groups in total. The lowest BCUT2D eigenvalue weighted by atomic mass is 10.0. The van der Waals surface area contributed by atoms with Gasteiger partial charge in [-0.2, -0.15) is 0 Å². The van der Waals surface area contributed by atoms with Crippen molar-refractivity contribution >= 4 is 27.8 Å². The van der Waals surface area contributed by atoms with E-state index in [2.05, 4.69) is 5.32 Å². The van der Waals surface area contributed by atoms with Gasteiger partial charge < -0.3 is 14.8 Å². The molecule has 1 fully saturated rings. The summed E-state index contributed by atoms with van der Waals surface area (Å²) >= 11 is 0. The molecular weight excluding hydrogens is 472 g/mol. The molecule has 1 aliphatic heterocycles. The van der Waals surface area contributed by atoms with Gasteiger partial charge in [0, 0.05) is 12.6 Å². The summed E-state index contributed by atoms with van der Waals surface area (Å²) in [6, 6.07) is 7.82. The van der Waals surface area contributed by atoms with Gasteiger partial charge in [0.25, 0.3) is 0 Å². The smallest absolute Gasteiger partial charge is 0.410 e. The molecule has 1 saturated heterocycles. The van der Waals surface area contributed by atoms with Gasteiger partial charge in [0.1, 0.15) is 24.0 Å². The maximum Gasteiger partial charge on any atom is 0.410 e. The molecule has 2 amide bonds. The number of nitrogens with zero attached hydrogens (tertiary/aromatic N) is 1. The number of likely N-dealkylation sites (tertiary alicyclic amines) is 1. The van der Waals surface area contributed by atoms with Gasteiger partial charge in [0.05, 0.1) is 5.75 Å². The predicted molar refractivity (Wildman–Crippen MR) is 132 cm³/mol. The SMILES string of the molecule is CC(C)C[C@@H](CS(=O)(=O)CC(=O)OC(C)(C)C)NC(=O)[C@H]1CCCN1C(=O)OCc1ccccc1. The zero-order valence-corrected chi connectivity index (χ0v) is 22.1. The first-order valence-corrected chi connectivity index (χ1v) is 13.8. The molecule has 0 unspecified atom stereocenters. The average Bonchev–Trinajstić information content (AvgIpc) is 3.20. The van der Waals surface area contributed by atoms with Crippen LogP contribution in [0.25, 0.3) is 0 Å². The molecule has 2 rings (SSSR count). The molecule has 35 heavy (non-hydrogen) atoms. The van der Waals surface area contributed by atoms with Crippen molar-refractivity contribution in [3.8, 4) is 0 Å². The summed E-state index contributed by atoms with van der Waals surface area (Å²) in [5, 5.41) is 2.81. The zero-order chi connectivity index (χ0) is 26.2. The molecule has 1 aromatic carbocycles. The maximum absolute atomic E-state index is 13.1. The van der Waals surface area contributed by atoms with Crippen LogP contribution in [0.1, 0.15) is 59.4 Å². The number of hydrogen-bond acceptors (Lipinski definition) is 7. The highest BCUT2D eigenvalue weighted by Gasteiger charge is 2.37. The summed E-state index contributed by atoms with van der Waals surface area (Å²) < 4.78 is 35.9. The first-order valence-electron chi connectivity index (χ1n) is 12.0. The van der Waals surface area contributed by atoms with Crippen LogP contribution < -0.4 is 5.32 Å². The Labute approximate surface area is 208 Å². The van der Waals surface area contributed by atoms with Gasteiger partial charge in [-0.1, -0.05) is 44.2 Å². The standard InChI is InChI=1S/C25H38N2O7S/c1-18(2)14-20(16-35(31,32)17-22(28)34-25(3,4)5)26-23(29)21-12-9-13-27(21)24(30)33-15-19-10-7-6-8-11-19/h6-8,10-11,18,20-21H,9,12-17H2,1-5H3,(H,26,29)/t20-,21+/m0/s1. The van der Waals surface area contributed by atoms with E-state index < -0.39 is 51.2 Å². The maximum atomic E-state index is 13.1. The molecular formula is C25H38N2O7S. The number of carbonyl (C=O) groups is 3. The highest BCUT2D eigenvalue weighted by molar-refractivity contribution is 7.92. The molecule has 0 spiro atoms. The molecule has 0 saturated carbocycles. The van der Waals surface area contributed by atoms with Crippen molar-refractivity contribution in [2.24, 2.45) is 5.92 Å². The van der Waals surface area contributed by atoms with E-state index >= 15 is 0 Å². The van der Waals surface area contributed by atoms with Gasteiger partial charge in [-0.3, -0.25) is 14.5 Å². The van der Waals surface area contributed by atoms with Gasteiger partial charge >= 0.3 is 12.1 Å². The van der Waals surface area contributed by atoms with E-state index in [4.69, 9.17) is 9.47 Å². The Bertz CT molecular complexity index is 971. The highest BCUT2D eigenvalue weighted by atomic mass is 32.2. The quantitative estimate of drug-likeness (QED) is 0.481. The average molecular weight is 511 g/mol. The minimum atomic E-state index is -3.83. The third-order valence-electron chi connectivity index (χ3n) is 5.31. The third kappa shape index (κ3) is 10.3. The summed E-state index contributed by atoms with van der Waals surface area (Å²) in [6.45, 7) is 9.32. The van der Waals surface area contributed by atoms with Crippen molar-refractivity contribution in [3.05, 3.63) is 35.9 Å². The molecule has 2 atom stereocenters. The Morgan fingerprint density at radius 3 is 2.40 bits per heavy atom. The van der Waals surface area contributed by atoms with Gasteiger partial charge in [0.15, 0.2) is 9.84 Å². The molecule has 1 aliphatic rings. The van der Waals surface area contributed by atoms with Crippen LogP contribution in [0.2, 0.25) is 0 Å². The van der Waals surface area contributed by atoms with Crippen molar-refractivity contribution < 1.29 is 32.3 Å². The lowest BCUT2D eigenvalue weighted by Gasteiger charge is -2.27. The Morgan fingerprint density at radius 1 is 1.14 bits per heavy atom. The van der Waals surface area contributed by atoms with Crippen LogP contribution in [-0.4, -0.2) is 67.0 Å².